The van der Waals surface area contributed by atoms with Crippen LogP contribution >= 0.6 is 0 Å². The summed E-state index contributed by atoms with van der Waals surface area (Å²) in [5.74, 6) is -0.147. The Morgan fingerprint density at radius 1 is 1.28 bits per heavy atom. The van der Waals surface area contributed by atoms with Crippen LogP contribution in [0.5, 0.6) is 0 Å². The SMILES string of the molecule is O=C1CN(Cc2ccccc2C(F)(F)F)CCN1. The summed E-state index contributed by atoms with van der Waals surface area (Å²) < 4.78 is 38.3. The number of nitrogens with one attached hydrogen (secondary N) is 1. The van der Waals surface area contributed by atoms with Crippen molar-refractivity contribution in [2.45, 2.75) is 12.7 Å². The second-order valence-corrected chi connectivity index (χ2v) is 4.22. The molecule has 0 spiro atoms. The topological polar surface area (TPSA) is 32.3 Å². The van der Waals surface area contributed by atoms with Crippen LogP contribution in [-0.4, -0.2) is 30.4 Å². The number of nitrogens with zero attached hydrogens (tertiary/aromatic N) is 1. The summed E-state index contributed by atoms with van der Waals surface area (Å²) in [6, 6.07) is 5.47. The van der Waals surface area contributed by atoms with E-state index in [9.17, 15) is 18.0 Å². The van der Waals surface area contributed by atoms with Crippen molar-refractivity contribution in [2.24, 2.45) is 0 Å². The highest BCUT2D eigenvalue weighted by atomic mass is 19.4. The normalized spacial score (nSPS) is 17.6. The van der Waals surface area contributed by atoms with Gasteiger partial charge >= 0.3 is 6.18 Å². The van der Waals surface area contributed by atoms with Gasteiger partial charge in [0.05, 0.1) is 12.1 Å². The third kappa shape index (κ3) is 3.01. The van der Waals surface area contributed by atoms with Crippen molar-refractivity contribution >= 4 is 5.91 Å². The Bertz CT molecular complexity index is 445. The molecule has 1 aliphatic heterocycles. The van der Waals surface area contributed by atoms with Crippen LogP contribution in [0.25, 0.3) is 0 Å². The maximum Gasteiger partial charge on any atom is 0.416 e. The van der Waals surface area contributed by atoms with Gasteiger partial charge in [-0.1, -0.05) is 18.2 Å². The van der Waals surface area contributed by atoms with Crippen LogP contribution in [0.15, 0.2) is 24.3 Å². The number of rotatable bonds is 2. The molecule has 0 atom stereocenters. The molecule has 1 amide bonds. The van der Waals surface area contributed by atoms with Crippen molar-refractivity contribution in [3.63, 3.8) is 0 Å². The summed E-state index contributed by atoms with van der Waals surface area (Å²) in [4.78, 5) is 12.9. The highest BCUT2D eigenvalue weighted by Crippen LogP contribution is 2.32. The van der Waals surface area contributed by atoms with Crippen LogP contribution in [0.3, 0.4) is 0 Å². The van der Waals surface area contributed by atoms with Crippen molar-refractivity contribution in [1.29, 1.82) is 0 Å². The molecule has 2 rings (SSSR count). The van der Waals surface area contributed by atoms with Gasteiger partial charge in [0, 0.05) is 19.6 Å². The number of carbonyl (C=O) groups is 1. The van der Waals surface area contributed by atoms with Gasteiger partial charge < -0.3 is 5.32 Å². The minimum absolute atomic E-state index is 0.142. The van der Waals surface area contributed by atoms with Crippen molar-refractivity contribution in [1.82, 2.24) is 10.2 Å². The molecule has 1 saturated heterocycles. The summed E-state index contributed by atoms with van der Waals surface area (Å²) in [6.45, 7) is 1.33. The summed E-state index contributed by atoms with van der Waals surface area (Å²) in [6.07, 6.45) is -4.35. The molecule has 1 heterocycles. The minimum Gasteiger partial charge on any atom is -0.354 e. The van der Waals surface area contributed by atoms with Crippen molar-refractivity contribution < 1.29 is 18.0 Å². The zero-order valence-corrected chi connectivity index (χ0v) is 9.63. The monoisotopic (exact) mass is 258 g/mol. The fraction of sp³-hybridized carbons (Fsp3) is 0.417. The molecule has 0 aromatic heterocycles. The summed E-state index contributed by atoms with van der Waals surface area (Å²) in [7, 11) is 0. The number of benzene rings is 1. The first kappa shape index (κ1) is 12.9. The van der Waals surface area contributed by atoms with Crippen LogP contribution < -0.4 is 5.32 Å². The average molecular weight is 258 g/mol. The number of alkyl halides is 3. The molecule has 6 heteroatoms. The number of halogens is 3. The van der Waals surface area contributed by atoms with E-state index in [0.717, 1.165) is 6.07 Å². The number of amides is 1. The van der Waals surface area contributed by atoms with E-state index in [0.29, 0.717) is 13.1 Å². The van der Waals surface area contributed by atoms with Crippen molar-refractivity contribution in [3.8, 4) is 0 Å². The predicted molar refractivity (Wildman–Crippen MR) is 59.7 cm³/mol. The Morgan fingerprint density at radius 3 is 2.67 bits per heavy atom. The van der Waals surface area contributed by atoms with E-state index in [1.807, 2.05) is 0 Å². The summed E-state index contributed by atoms with van der Waals surface area (Å²) >= 11 is 0. The molecular weight excluding hydrogens is 245 g/mol. The fourth-order valence-corrected chi connectivity index (χ4v) is 2.00. The Kier molecular flexibility index (Phi) is 3.56. The lowest BCUT2D eigenvalue weighted by Crippen LogP contribution is -2.47. The van der Waals surface area contributed by atoms with E-state index in [4.69, 9.17) is 0 Å². The second-order valence-electron chi connectivity index (χ2n) is 4.22. The molecule has 18 heavy (non-hydrogen) atoms. The van der Waals surface area contributed by atoms with Gasteiger partial charge in [-0.15, -0.1) is 0 Å². The molecule has 1 N–H and O–H groups in total. The third-order valence-corrected chi connectivity index (χ3v) is 2.83. The maximum atomic E-state index is 12.8. The van der Waals surface area contributed by atoms with Crippen LogP contribution in [-0.2, 0) is 17.5 Å². The molecule has 0 bridgehead atoms. The lowest BCUT2D eigenvalue weighted by molar-refractivity contribution is -0.138. The summed E-state index contributed by atoms with van der Waals surface area (Å²) in [5.41, 5.74) is -0.421. The van der Waals surface area contributed by atoms with E-state index in [-0.39, 0.29) is 24.6 Å². The molecule has 98 valence electrons. The molecule has 1 aliphatic rings. The smallest absolute Gasteiger partial charge is 0.354 e. The van der Waals surface area contributed by atoms with Gasteiger partial charge in [0.2, 0.25) is 5.91 Å². The molecule has 1 aromatic carbocycles. The number of piperazine rings is 1. The molecule has 0 radical (unpaired) electrons. The molecule has 1 fully saturated rings. The Labute approximate surface area is 103 Å². The average Bonchev–Trinajstić information content (AvgIpc) is 2.28. The van der Waals surface area contributed by atoms with Crippen LogP contribution in [0.4, 0.5) is 13.2 Å². The zero-order chi connectivity index (χ0) is 13.2. The molecule has 0 aliphatic carbocycles. The first-order chi connectivity index (χ1) is 8.47. The first-order valence-corrected chi connectivity index (χ1v) is 5.61. The van der Waals surface area contributed by atoms with Gasteiger partial charge in [0.25, 0.3) is 0 Å². The van der Waals surface area contributed by atoms with Gasteiger partial charge in [0.15, 0.2) is 0 Å². The van der Waals surface area contributed by atoms with Crippen molar-refractivity contribution in [2.75, 3.05) is 19.6 Å². The van der Waals surface area contributed by atoms with Gasteiger partial charge in [0.1, 0.15) is 0 Å². The lowest BCUT2D eigenvalue weighted by atomic mass is 10.1. The van der Waals surface area contributed by atoms with E-state index < -0.39 is 11.7 Å². The van der Waals surface area contributed by atoms with Gasteiger partial charge in [-0.3, -0.25) is 9.69 Å². The Morgan fingerprint density at radius 2 is 2.00 bits per heavy atom. The summed E-state index contributed by atoms with van der Waals surface area (Å²) in [5, 5.41) is 2.64. The van der Waals surface area contributed by atoms with E-state index in [2.05, 4.69) is 5.32 Å². The van der Waals surface area contributed by atoms with Gasteiger partial charge in [-0.25, -0.2) is 0 Å². The first-order valence-electron chi connectivity index (χ1n) is 5.61. The molecule has 3 nitrogen and oxygen atoms in total. The Hall–Kier alpha value is -1.56. The molecule has 0 unspecified atom stereocenters. The maximum absolute atomic E-state index is 12.8. The minimum atomic E-state index is -4.35. The van der Waals surface area contributed by atoms with Crippen LogP contribution in [0.2, 0.25) is 0 Å². The van der Waals surface area contributed by atoms with Gasteiger partial charge in [-0.2, -0.15) is 13.2 Å². The van der Waals surface area contributed by atoms with Crippen molar-refractivity contribution in [3.05, 3.63) is 35.4 Å². The number of carbonyl (C=O) groups excluding carboxylic acids is 1. The van der Waals surface area contributed by atoms with Crippen LogP contribution in [0.1, 0.15) is 11.1 Å². The molecular formula is C12H13F3N2O. The predicted octanol–water partition coefficient (Wildman–Crippen LogP) is 1.64. The van der Waals surface area contributed by atoms with E-state index in [1.54, 1.807) is 11.0 Å². The van der Waals surface area contributed by atoms with Crippen LogP contribution in [0, 0.1) is 0 Å². The standard InChI is InChI=1S/C12H13F3N2O/c13-12(14,15)10-4-2-1-3-9(10)7-17-6-5-16-11(18)8-17/h1-4H,5-8H2,(H,16,18). The molecule has 0 saturated carbocycles. The van der Waals surface area contributed by atoms with E-state index in [1.165, 1.54) is 12.1 Å². The quantitative estimate of drug-likeness (QED) is 0.874. The van der Waals surface area contributed by atoms with E-state index >= 15 is 0 Å². The van der Waals surface area contributed by atoms with Gasteiger partial charge in [-0.05, 0) is 11.6 Å². The highest BCUT2D eigenvalue weighted by Gasteiger charge is 2.33. The second kappa shape index (κ2) is 4.97. The number of hydrogen-bond donors (Lipinski definition) is 1. The Balaban J connectivity index is 2.16. The number of hydrogen-bond acceptors (Lipinski definition) is 2. The largest absolute Gasteiger partial charge is 0.416 e. The molecule has 1 aromatic rings. The third-order valence-electron chi connectivity index (χ3n) is 2.83. The highest BCUT2D eigenvalue weighted by molar-refractivity contribution is 5.78. The lowest BCUT2D eigenvalue weighted by Gasteiger charge is -2.27. The zero-order valence-electron chi connectivity index (χ0n) is 9.63. The fourth-order valence-electron chi connectivity index (χ4n) is 2.00.